The van der Waals surface area contributed by atoms with Gasteiger partial charge in [0.1, 0.15) is 5.82 Å². The third-order valence-corrected chi connectivity index (χ3v) is 6.66. The lowest BCUT2D eigenvalue weighted by molar-refractivity contribution is 0.170. The molecule has 0 bridgehead atoms. The number of piperidine rings is 2. The smallest absolute Gasteiger partial charge is 0.225 e. The average Bonchev–Trinajstić information content (AvgIpc) is 2.56. The van der Waals surface area contributed by atoms with E-state index in [4.69, 9.17) is 9.97 Å². The number of benzene rings is 1. The molecule has 3 heterocycles. The molecule has 1 aromatic heterocycles. The van der Waals surface area contributed by atoms with Crippen molar-refractivity contribution in [2.45, 2.75) is 115 Å². The van der Waals surface area contributed by atoms with Gasteiger partial charge in [-0.25, -0.2) is 4.98 Å². The van der Waals surface area contributed by atoms with Crippen LogP contribution in [-0.4, -0.2) is 44.2 Å². The van der Waals surface area contributed by atoms with E-state index in [1.165, 1.54) is 0 Å². The molecule has 0 unspecified atom stereocenters. The van der Waals surface area contributed by atoms with Crippen molar-refractivity contribution in [3.63, 3.8) is 0 Å². The van der Waals surface area contributed by atoms with E-state index in [2.05, 4.69) is 101 Å². The third kappa shape index (κ3) is 5.52. The molecule has 2 aliphatic heterocycles. The second-order valence-corrected chi connectivity index (χ2v) is 12.7. The van der Waals surface area contributed by atoms with Crippen molar-refractivity contribution in [1.82, 2.24) is 20.6 Å². The maximum absolute atomic E-state index is 5.01. The van der Waals surface area contributed by atoms with E-state index in [0.29, 0.717) is 12.1 Å². The summed E-state index contributed by atoms with van der Waals surface area (Å²) in [5.41, 5.74) is 1.28. The Balaban J connectivity index is 1.62. The maximum Gasteiger partial charge on any atom is 0.225 e. The number of nitrogens with zero attached hydrogens (tertiary/aromatic N) is 2. The zero-order chi connectivity index (χ0) is 23.4. The average molecular weight is 439 g/mol. The van der Waals surface area contributed by atoms with Crippen LogP contribution in [0.2, 0.25) is 0 Å². The van der Waals surface area contributed by atoms with Crippen molar-refractivity contribution in [2.24, 2.45) is 0 Å². The number of hydrogen-bond acceptors (Lipinski definition) is 6. The molecule has 2 aliphatic rings. The lowest BCUT2D eigenvalue weighted by Crippen LogP contribution is -2.60. The Hall–Kier alpha value is -1.92. The summed E-state index contributed by atoms with van der Waals surface area (Å²) in [6.07, 6.45) is 4.17. The standard InChI is InChI=1S/C26H42N6/c1-23(2)13-17(14-24(3,4)31-23)27-21-19-11-9-10-12-20(19)29-22(30-21)28-18-15-25(5,6)32-26(7,8)16-18/h9-12,17-18,31-32H,13-16H2,1-8H3,(H2,27,28,29,30). The Bertz CT molecular complexity index is 945. The van der Waals surface area contributed by atoms with Crippen molar-refractivity contribution in [3.8, 4) is 0 Å². The predicted molar refractivity (Wildman–Crippen MR) is 135 cm³/mol. The largest absolute Gasteiger partial charge is 0.367 e. The van der Waals surface area contributed by atoms with Gasteiger partial charge in [0, 0.05) is 39.6 Å². The molecule has 0 amide bonds. The number of aromatic nitrogens is 2. The molecule has 4 rings (SSSR count). The summed E-state index contributed by atoms with van der Waals surface area (Å²) in [6, 6.07) is 9.00. The van der Waals surface area contributed by atoms with Gasteiger partial charge in [-0.1, -0.05) is 12.1 Å². The topological polar surface area (TPSA) is 73.9 Å². The van der Waals surface area contributed by atoms with Crippen LogP contribution in [0.3, 0.4) is 0 Å². The Kier molecular flexibility index (Phi) is 5.70. The molecule has 1 aromatic carbocycles. The van der Waals surface area contributed by atoms with Gasteiger partial charge in [0.15, 0.2) is 0 Å². The molecule has 0 saturated carbocycles. The fourth-order valence-electron chi connectivity index (χ4n) is 6.48. The van der Waals surface area contributed by atoms with Crippen molar-refractivity contribution >= 4 is 22.7 Å². The first-order valence-corrected chi connectivity index (χ1v) is 12.1. The van der Waals surface area contributed by atoms with Crippen LogP contribution in [0, 0.1) is 0 Å². The summed E-state index contributed by atoms with van der Waals surface area (Å²) in [5, 5.41) is 16.1. The molecule has 2 saturated heterocycles. The van der Waals surface area contributed by atoms with Crippen LogP contribution >= 0.6 is 0 Å². The molecule has 0 aliphatic carbocycles. The fraction of sp³-hybridized carbons (Fsp3) is 0.692. The van der Waals surface area contributed by atoms with Gasteiger partial charge in [0.05, 0.1) is 5.52 Å². The maximum atomic E-state index is 5.01. The summed E-state index contributed by atoms with van der Waals surface area (Å²) in [5.74, 6) is 1.65. The molecule has 176 valence electrons. The van der Waals surface area contributed by atoms with Gasteiger partial charge < -0.3 is 21.3 Å². The van der Waals surface area contributed by atoms with Crippen molar-refractivity contribution in [3.05, 3.63) is 24.3 Å². The lowest BCUT2D eigenvalue weighted by atomic mass is 9.79. The summed E-state index contributed by atoms with van der Waals surface area (Å²) < 4.78 is 0. The molecule has 0 atom stereocenters. The van der Waals surface area contributed by atoms with Crippen LogP contribution in [0.15, 0.2) is 24.3 Å². The molecule has 6 nitrogen and oxygen atoms in total. The van der Waals surface area contributed by atoms with Gasteiger partial charge in [0.25, 0.3) is 0 Å². The minimum Gasteiger partial charge on any atom is -0.367 e. The quantitative estimate of drug-likeness (QED) is 0.534. The van der Waals surface area contributed by atoms with Crippen LogP contribution < -0.4 is 21.3 Å². The van der Waals surface area contributed by atoms with Crippen molar-refractivity contribution in [2.75, 3.05) is 10.6 Å². The zero-order valence-corrected chi connectivity index (χ0v) is 21.2. The number of hydrogen-bond donors (Lipinski definition) is 4. The van der Waals surface area contributed by atoms with Gasteiger partial charge in [-0.15, -0.1) is 0 Å². The van der Waals surface area contributed by atoms with E-state index in [9.17, 15) is 0 Å². The highest BCUT2D eigenvalue weighted by Crippen LogP contribution is 2.33. The first-order valence-electron chi connectivity index (χ1n) is 12.1. The molecular weight excluding hydrogens is 396 g/mol. The SMILES string of the molecule is CC1(C)CC(Nc2nc(NC3CC(C)(C)NC(C)(C)C3)c3ccccc3n2)CC(C)(C)N1. The summed E-state index contributed by atoms with van der Waals surface area (Å²) >= 11 is 0. The van der Waals surface area contributed by atoms with Gasteiger partial charge >= 0.3 is 0 Å². The number of fused-ring (bicyclic) bond motifs is 1. The van der Waals surface area contributed by atoms with Crippen LogP contribution in [0.4, 0.5) is 11.8 Å². The molecule has 0 spiro atoms. The van der Waals surface area contributed by atoms with Gasteiger partial charge in [-0.3, -0.25) is 0 Å². The number of para-hydroxylation sites is 1. The molecule has 2 aromatic rings. The highest BCUT2D eigenvalue weighted by Gasteiger charge is 2.39. The Labute approximate surface area is 193 Å². The molecular formula is C26H42N6. The van der Waals surface area contributed by atoms with Crippen LogP contribution in [0.25, 0.3) is 10.9 Å². The van der Waals surface area contributed by atoms with E-state index in [0.717, 1.165) is 48.4 Å². The van der Waals surface area contributed by atoms with Crippen molar-refractivity contribution in [1.29, 1.82) is 0 Å². The summed E-state index contributed by atoms with van der Waals surface area (Å²) in [6.45, 7) is 18.2. The van der Waals surface area contributed by atoms with Crippen LogP contribution in [0.5, 0.6) is 0 Å². The number of nitrogens with one attached hydrogen (secondary N) is 4. The van der Waals surface area contributed by atoms with E-state index in [-0.39, 0.29) is 22.2 Å². The van der Waals surface area contributed by atoms with Gasteiger partial charge in [0.2, 0.25) is 5.95 Å². The summed E-state index contributed by atoms with van der Waals surface area (Å²) in [4.78, 5) is 9.89. The third-order valence-electron chi connectivity index (χ3n) is 6.66. The van der Waals surface area contributed by atoms with Crippen LogP contribution in [0.1, 0.15) is 81.1 Å². The number of rotatable bonds is 4. The molecule has 4 N–H and O–H groups in total. The highest BCUT2D eigenvalue weighted by atomic mass is 15.2. The van der Waals surface area contributed by atoms with Gasteiger partial charge in [-0.2, -0.15) is 4.98 Å². The Morgan fingerprint density at radius 2 is 1.16 bits per heavy atom. The van der Waals surface area contributed by atoms with E-state index in [1.807, 2.05) is 0 Å². The Morgan fingerprint density at radius 3 is 1.69 bits per heavy atom. The monoisotopic (exact) mass is 438 g/mol. The van der Waals surface area contributed by atoms with E-state index >= 15 is 0 Å². The lowest BCUT2D eigenvalue weighted by Gasteiger charge is -2.47. The molecule has 32 heavy (non-hydrogen) atoms. The minimum absolute atomic E-state index is 0.0730. The molecule has 2 fully saturated rings. The predicted octanol–water partition coefficient (Wildman–Crippen LogP) is 5.07. The second kappa shape index (κ2) is 7.84. The first-order chi connectivity index (χ1) is 14.7. The molecule has 0 radical (unpaired) electrons. The van der Waals surface area contributed by atoms with E-state index < -0.39 is 0 Å². The van der Waals surface area contributed by atoms with Gasteiger partial charge in [-0.05, 0) is 93.2 Å². The number of anilines is 2. The highest BCUT2D eigenvalue weighted by molar-refractivity contribution is 5.90. The van der Waals surface area contributed by atoms with Crippen molar-refractivity contribution < 1.29 is 0 Å². The second-order valence-electron chi connectivity index (χ2n) is 12.7. The minimum atomic E-state index is 0.0730. The summed E-state index contributed by atoms with van der Waals surface area (Å²) in [7, 11) is 0. The van der Waals surface area contributed by atoms with E-state index in [1.54, 1.807) is 0 Å². The first kappa shape index (κ1) is 23.2. The Morgan fingerprint density at radius 1 is 0.688 bits per heavy atom. The normalized spacial score (nSPS) is 24.9. The van der Waals surface area contributed by atoms with Crippen LogP contribution in [-0.2, 0) is 0 Å². The zero-order valence-electron chi connectivity index (χ0n) is 21.2. The fourth-order valence-corrected chi connectivity index (χ4v) is 6.48. The molecule has 6 heteroatoms.